The molecule has 0 spiro atoms. The Morgan fingerprint density at radius 3 is 2.50 bits per heavy atom. The maximum Gasteiger partial charge on any atom is 0.265 e. The Balaban J connectivity index is 1.66. The second kappa shape index (κ2) is 7.39. The number of rotatable bonds is 5. The Kier molecular flexibility index (Phi) is 5.04. The number of carbonyl (C=O) groups excluding carboxylic acids is 1. The van der Waals surface area contributed by atoms with E-state index in [4.69, 9.17) is 9.47 Å². The van der Waals surface area contributed by atoms with Gasteiger partial charge in [-0.15, -0.1) is 0 Å². The lowest BCUT2D eigenvalue weighted by atomic mass is 9.90. The Bertz CT molecular complexity index is 709. The second-order valence-corrected chi connectivity index (χ2v) is 6.08. The van der Waals surface area contributed by atoms with E-state index < -0.39 is 6.10 Å². The van der Waals surface area contributed by atoms with E-state index in [1.54, 1.807) is 26.2 Å². The summed E-state index contributed by atoms with van der Waals surface area (Å²) in [4.78, 5) is 12.5. The van der Waals surface area contributed by atoms with E-state index in [-0.39, 0.29) is 5.91 Å². The van der Waals surface area contributed by atoms with Gasteiger partial charge in [-0.05, 0) is 74.1 Å². The highest BCUT2D eigenvalue weighted by atomic mass is 16.5. The molecule has 1 aliphatic rings. The van der Waals surface area contributed by atoms with Crippen LogP contribution in [0.4, 0.5) is 5.69 Å². The zero-order valence-corrected chi connectivity index (χ0v) is 14.2. The van der Waals surface area contributed by atoms with E-state index in [1.165, 1.54) is 24.0 Å². The lowest BCUT2D eigenvalue weighted by molar-refractivity contribution is -0.122. The zero-order chi connectivity index (χ0) is 16.9. The number of ether oxygens (including phenoxy) is 2. The van der Waals surface area contributed by atoms with Crippen molar-refractivity contribution in [3.63, 3.8) is 0 Å². The van der Waals surface area contributed by atoms with Gasteiger partial charge in [0, 0.05) is 5.69 Å². The van der Waals surface area contributed by atoms with Crippen molar-refractivity contribution in [3.8, 4) is 11.5 Å². The number of hydrogen-bond acceptors (Lipinski definition) is 3. The summed E-state index contributed by atoms with van der Waals surface area (Å²) < 4.78 is 10.8. The van der Waals surface area contributed by atoms with Crippen molar-refractivity contribution in [2.75, 3.05) is 12.4 Å². The normalized spacial score (nSPS) is 14.4. The molecule has 0 fully saturated rings. The summed E-state index contributed by atoms with van der Waals surface area (Å²) >= 11 is 0. The summed E-state index contributed by atoms with van der Waals surface area (Å²) in [5.41, 5.74) is 3.54. The maximum atomic E-state index is 12.5. The van der Waals surface area contributed by atoms with Crippen LogP contribution in [0.1, 0.15) is 30.9 Å². The van der Waals surface area contributed by atoms with Gasteiger partial charge in [-0.1, -0.05) is 12.1 Å². The molecule has 1 amide bonds. The van der Waals surface area contributed by atoms with Crippen molar-refractivity contribution < 1.29 is 14.3 Å². The number of benzene rings is 2. The fraction of sp³-hybridized carbons (Fsp3) is 0.350. The van der Waals surface area contributed by atoms with E-state index in [0.717, 1.165) is 24.3 Å². The largest absolute Gasteiger partial charge is 0.497 e. The van der Waals surface area contributed by atoms with Crippen LogP contribution in [-0.2, 0) is 17.6 Å². The fourth-order valence-electron chi connectivity index (χ4n) is 3.04. The Morgan fingerprint density at radius 1 is 1.04 bits per heavy atom. The van der Waals surface area contributed by atoms with Crippen LogP contribution in [-0.4, -0.2) is 19.1 Å². The van der Waals surface area contributed by atoms with Crippen LogP contribution in [0.3, 0.4) is 0 Å². The molecule has 0 aliphatic heterocycles. The third-order valence-corrected chi connectivity index (χ3v) is 4.40. The first kappa shape index (κ1) is 16.4. The lowest BCUT2D eigenvalue weighted by Crippen LogP contribution is -2.30. The highest BCUT2D eigenvalue weighted by molar-refractivity contribution is 5.95. The summed E-state index contributed by atoms with van der Waals surface area (Å²) in [6.07, 6.45) is 3.95. The van der Waals surface area contributed by atoms with Gasteiger partial charge in [-0.3, -0.25) is 4.79 Å². The van der Waals surface area contributed by atoms with Gasteiger partial charge in [0.1, 0.15) is 11.5 Å². The molecule has 24 heavy (non-hydrogen) atoms. The van der Waals surface area contributed by atoms with Crippen LogP contribution in [0, 0.1) is 0 Å². The monoisotopic (exact) mass is 325 g/mol. The van der Waals surface area contributed by atoms with E-state index in [2.05, 4.69) is 11.4 Å². The number of fused-ring (bicyclic) bond motifs is 1. The highest BCUT2D eigenvalue weighted by Gasteiger charge is 2.18. The first-order chi connectivity index (χ1) is 11.7. The van der Waals surface area contributed by atoms with Crippen LogP contribution >= 0.6 is 0 Å². The molecule has 3 rings (SSSR count). The molecule has 1 aliphatic carbocycles. The minimum absolute atomic E-state index is 0.134. The van der Waals surface area contributed by atoms with Crippen molar-refractivity contribution in [1.29, 1.82) is 0 Å². The molecule has 0 aromatic heterocycles. The molecular weight excluding hydrogens is 302 g/mol. The van der Waals surface area contributed by atoms with Crippen LogP contribution in [0.5, 0.6) is 11.5 Å². The lowest BCUT2D eigenvalue weighted by Gasteiger charge is -2.21. The minimum Gasteiger partial charge on any atom is -0.497 e. The van der Waals surface area contributed by atoms with Gasteiger partial charge in [0.15, 0.2) is 6.10 Å². The molecule has 1 atom stereocenters. The van der Waals surface area contributed by atoms with Crippen LogP contribution in [0.25, 0.3) is 0 Å². The number of anilines is 1. The maximum absolute atomic E-state index is 12.5. The number of hydrogen-bond donors (Lipinski definition) is 1. The quantitative estimate of drug-likeness (QED) is 0.904. The average molecular weight is 325 g/mol. The molecule has 4 nitrogen and oxygen atoms in total. The molecule has 0 heterocycles. The van der Waals surface area contributed by atoms with Crippen molar-refractivity contribution in [1.82, 2.24) is 0 Å². The first-order valence-corrected chi connectivity index (χ1v) is 8.39. The van der Waals surface area contributed by atoms with Crippen LogP contribution < -0.4 is 14.8 Å². The molecule has 2 aromatic carbocycles. The van der Waals surface area contributed by atoms with E-state index in [0.29, 0.717) is 5.75 Å². The minimum atomic E-state index is -0.571. The molecule has 0 saturated carbocycles. The van der Waals surface area contributed by atoms with Gasteiger partial charge >= 0.3 is 0 Å². The van der Waals surface area contributed by atoms with Crippen molar-refractivity contribution in [2.45, 2.75) is 38.7 Å². The highest BCUT2D eigenvalue weighted by Crippen LogP contribution is 2.28. The van der Waals surface area contributed by atoms with E-state index >= 15 is 0 Å². The third-order valence-electron chi connectivity index (χ3n) is 4.40. The number of carbonyl (C=O) groups is 1. The van der Waals surface area contributed by atoms with Crippen LogP contribution in [0.15, 0.2) is 42.5 Å². The Labute approximate surface area is 142 Å². The van der Waals surface area contributed by atoms with Gasteiger partial charge in [0.2, 0.25) is 0 Å². The average Bonchev–Trinajstić information content (AvgIpc) is 2.62. The molecule has 0 bridgehead atoms. The second-order valence-electron chi connectivity index (χ2n) is 6.08. The molecule has 0 radical (unpaired) electrons. The van der Waals surface area contributed by atoms with Gasteiger partial charge in [-0.2, -0.15) is 0 Å². The standard InChI is InChI=1S/C20H23NO3/c1-14(24-17-12-10-16(23-2)11-13-17)20(22)21-19-9-5-7-15-6-3-4-8-18(15)19/h5,7,9-14H,3-4,6,8H2,1-2H3,(H,21,22). The first-order valence-electron chi connectivity index (χ1n) is 8.39. The predicted octanol–water partition coefficient (Wildman–Crippen LogP) is 3.98. The molecule has 126 valence electrons. The molecule has 2 aromatic rings. The summed E-state index contributed by atoms with van der Waals surface area (Å²) in [5.74, 6) is 1.27. The van der Waals surface area contributed by atoms with Crippen molar-refractivity contribution in [2.24, 2.45) is 0 Å². The number of methoxy groups -OCH3 is 1. The molecule has 0 saturated heterocycles. The zero-order valence-electron chi connectivity index (χ0n) is 14.2. The van der Waals surface area contributed by atoms with Crippen molar-refractivity contribution >= 4 is 11.6 Å². The topological polar surface area (TPSA) is 47.6 Å². The number of aryl methyl sites for hydroxylation is 1. The van der Waals surface area contributed by atoms with Gasteiger partial charge in [0.05, 0.1) is 7.11 Å². The Morgan fingerprint density at radius 2 is 1.75 bits per heavy atom. The SMILES string of the molecule is COc1ccc(OC(C)C(=O)Nc2cccc3c2CCCC3)cc1. The van der Waals surface area contributed by atoms with Gasteiger partial charge < -0.3 is 14.8 Å². The predicted molar refractivity (Wildman–Crippen MR) is 94.8 cm³/mol. The third kappa shape index (κ3) is 3.70. The van der Waals surface area contributed by atoms with Crippen LogP contribution in [0.2, 0.25) is 0 Å². The van der Waals surface area contributed by atoms with Crippen molar-refractivity contribution in [3.05, 3.63) is 53.6 Å². The number of amides is 1. The Hall–Kier alpha value is -2.49. The summed E-state index contributed by atoms with van der Waals surface area (Å²) in [6, 6.07) is 13.4. The fourth-order valence-corrected chi connectivity index (χ4v) is 3.04. The molecular formula is C20H23NO3. The molecule has 1 N–H and O–H groups in total. The van der Waals surface area contributed by atoms with E-state index in [9.17, 15) is 4.79 Å². The summed E-state index contributed by atoms with van der Waals surface area (Å²) in [6.45, 7) is 1.76. The smallest absolute Gasteiger partial charge is 0.265 e. The van der Waals surface area contributed by atoms with E-state index in [1.807, 2.05) is 24.3 Å². The van der Waals surface area contributed by atoms with Gasteiger partial charge in [0.25, 0.3) is 5.91 Å². The number of nitrogens with one attached hydrogen (secondary N) is 1. The van der Waals surface area contributed by atoms with Gasteiger partial charge in [-0.25, -0.2) is 0 Å². The molecule has 4 heteroatoms. The molecule has 1 unspecified atom stereocenters. The summed E-state index contributed by atoms with van der Waals surface area (Å²) in [7, 11) is 1.62. The summed E-state index contributed by atoms with van der Waals surface area (Å²) in [5, 5.41) is 3.02.